The summed E-state index contributed by atoms with van der Waals surface area (Å²) >= 11 is 5.99. The molecule has 120 valence electrons. The lowest BCUT2D eigenvalue weighted by Crippen LogP contribution is -3.18. The lowest BCUT2D eigenvalue weighted by molar-refractivity contribution is -0.926. The molecule has 0 saturated carbocycles. The van der Waals surface area contributed by atoms with Crippen LogP contribution in [-0.4, -0.2) is 32.2 Å². The lowest BCUT2D eigenvalue weighted by Gasteiger charge is -2.39. The fraction of sp³-hybridized carbons (Fsp3) is 0.400. The van der Waals surface area contributed by atoms with E-state index in [2.05, 4.69) is 41.3 Å². The third kappa shape index (κ3) is 3.24. The number of hydrogen-bond donors (Lipinski definition) is 1. The predicted molar refractivity (Wildman–Crippen MR) is 96.6 cm³/mol. The average molecular weight is 328 g/mol. The molecule has 0 aromatic heterocycles. The zero-order valence-corrected chi connectivity index (χ0v) is 14.2. The monoisotopic (exact) mass is 327 g/mol. The van der Waals surface area contributed by atoms with Crippen molar-refractivity contribution in [2.24, 2.45) is 0 Å². The first kappa shape index (κ1) is 15.0. The van der Waals surface area contributed by atoms with Crippen LogP contribution in [0.1, 0.15) is 17.5 Å². The second-order valence-electron chi connectivity index (χ2n) is 6.83. The molecule has 2 aromatic rings. The lowest BCUT2D eigenvalue weighted by atomic mass is 9.87. The zero-order valence-electron chi connectivity index (χ0n) is 13.5. The van der Waals surface area contributed by atoms with Gasteiger partial charge in [-0.2, -0.15) is 0 Å². The van der Waals surface area contributed by atoms with Gasteiger partial charge in [-0.05, 0) is 41.8 Å². The Labute approximate surface area is 143 Å². The maximum Gasteiger partial charge on any atom is 0.0951 e. The van der Waals surface area contributed by atoms with E-state index in [0.717, 1.165) is 24.2 Å². The fourth-order valence-electron chi connectivity index (χ4n) is 4.16. The van der Waals surface area contributed by atoms with Gasteiger partial charge in [0.2, 0.25) is 0 Å². The van der Waals surface area contributed by atoms with Crippen LogP contribution in [0.4, 0.5) is 5.69 Å². The van der Waals surface area contributed by atoms with E-state index >= 15 is 0 Å². The third-order valence-electron chi connectivity index (χ3n) is 5.52. The van der Waals surface area contributed by atoms with E-state index in [1.54, 1.807) is 16.0 Å². The van der Waals surface area contributed by atoms with Crippen molar-refractivity contribution in [3.63, 3.8) is 0 Å². The van der Waals surface area contributed by atoms with Crippen LogP contribution < -0.4 is 9.80 Å². The van der Waals surface area contributed by atoms with Gasteiger partial charge in [0.05, 0.1) is 32.2 Å². The van der Waals surface area contributed by atoms with E-state index in [1.165, 1.54) is 38.0 Å². The minimum atomic E-state index is 0.803. The summed E-state index contributed by atoms with van der Waals surface area (Å²) in [6.07, 6.45) is 3.85. The standard InChI is InChI=1S/C20H23ClN2/c21-18-6-9-19(10-7-18)22-11-13-23(14-12-22)20-8-5-16-3-1-2-4-17(16)15-20/h1-4,6-7,9-10,20H,5,8,11-15H2/p+1/t20-/m1/s1. The van der Waals surface area contributed by atoms with Gasteiger partial charge in [-0.1, -0.05) is 35.9 Å². The van der Waals surface area contributed by atoms with Crippen LogP contribution in [0.25, 0.3) is 0 Å². The van der Waals surface area contributed by atoms with E-state index in [-0.39, 0.29) is 0 Å². The number of anilines is 1. The van der Waals surface area contributed by atoms with Crippen molar-refractivity contribution in [2.45, 2.75) is 25.3 Å². The van der Waals surface area contributed by atoms with Crippen LogP contribution in [0.2, 0.25) is 5.02 Å². The van der Waals surface area contributed by atoms with Crippen LogP contribution in [0, 0.1) is 0 Å². The summed E-state index contributed by atoms with van der Waals surface area (Å²) in [5, 5.41) is 0.818. The number of quaternary nitrogens is 1. The molecule has 0 amide bonds. The molecule has 1 atom stereocenters. The van der Waals surface area contributed by atoms with Gasteiger partial charge in [0, 0.05) is 23.6 Å². The molecule has 0 radical (unpaired) electrons. The number of nitrogens with one attached hydrogen (secondary N) is 1. The first-order chi connectivity index (χ1) is 11.3. The first-order valence-electron chi connectivity index (χ1n) is 8.71. The Morgan fingerprint density at radius 2 is 1.61 bits per heavy atom. The Morgan fingerprint density at radius 1 is 0.913 bits per heavy atom. The number of halogens is 1. The maximum atomic E-state index is 5.99. The van der Waals surface area contributed by atoms with Gasteiger partial charge < -0.3 is 9.80 Å². The number of benzene rings is 2. The molecule has 1 saturated heterocycles. The molecule has 2 aliphatic rings. The number of fused-ring (bicyclic) bond motifs is 1. The molecule has 1 heterocycles. The SMILES string of the molecule is Clc1ccc(N2CC[NH+]([C@@H]3CCc4ccccc4C3)CC2)cc1. The summed E-state index contributed by atoms with van der Waals surface area (Å²) in [5.41, 5.74) is 4.46. The summed E-state index contributed by atoms with van der Waals surface area (Å²) in [6, 6.07) is 18.1. The molecule has 1 aliphatic carbocycles. The molecule has 1 N–H and O–H groups in total. The van der Waals surface area contributed by atoms with Crippen molar-refractivity contribution in [3.8, 4) is 0 Å². The zero-order chi connectivity index (χ0) is 15.6. The van der Waals surface area contributed by atoms with Crippen LogP contribution >= 0.6 is 11.6 Å². The van der Waals surface area contributed by atoms with E-state index in [0.29, 0.717) is 0 Å². The molecule has 1 aliphatic heterocycles. The molecule has 23 heavy (non-hydrogen) atoms. The molecule has 2 nitrogen and oxygen atoms in total. The fourth-order valence-corrected chi connectivity index (χ4v) is 4.28. The van der Waals surface area contributed by atoms with Gasteiger partial charge >= 0.3 is 0 Å². The maximum absolute atomic E-state index is 5.99. The highest BCUT2D eigenvalue weighted by atomic mass is 35.5. The highest BCUT2D eigenvalue weighted by Gasteiger charge is 2.30. The Kier molecular flexibility index (Phi) is 4.28. The van der Waals surface area contributed by atoms with E-state index < -0.39 is 0 Å². The highest BCUT2D eigenvalue weighted by molar-refractivity contribution is 6.30. The van der Waals surface area contributed by atoms with Gasteiger partial charge in [-0.25, -0.2) is 0 Å². The number of hydrogen-bond acceptors (Lipinski definition) is 1. The Balaban J connectivity index is 1.38. The highest BCUT2D eigenvalue weighted by Crippen LogP contribution is 2.21. The first-order valence-corrected chi connectivity index (χ1v) is 9.09. The summed E-state index contributed by atoms with van der Waals surface area (Å²) in [7, 11) is 0. The van der Waals surface area contributed by atoms with Crippen LogP contribution in [0.5, 0.6) is 0 Å². The van der Waals surface area contributed by atoms with Crippen molar-refractivity contribution >= 4 is 17.3 Å². The van der Waals surface area contributed by atoms with Crippen molar-refractivity contribution in [1.29, 1.82) is 0 Å². The quantitative estimate of drug-likeness (QED) is 0.891. The average Bonchev–Trinajstić information content (AvgIpc) is 2.62. The molecule has 2 aromatic carbocycles. The predicted octanol–water partition coefficient (Wildman–Crippen LogP) is 2.60. The number of piperazine rings is 1. The van der Waals surface area contributed by atoms with Crippen LogP contribution in [0.3, 0.4) is 0 Å². The van der Waals surface area contributed by atoms with Gasteiger partial charge in [-0.15, -0.1) is 0 Å². The Bertz CT molecular complexity index is 660. The topological polar surface area (TPSA) is 7.68 Å². The minimum absolute atomic E-state index is 0.803. The van der Waals surface area contributed by atoms with Crippen molar-refractivity contribution < 1.29 is 4.90 Å². The van der Waals surface area contributed by atoms with Gasteiger partial charge in [0.25, 0.3) is 0 Å². The number of nitrogens with zero attached hydrogens (tertiary/aromatic N) is 1. The van der Waals surface area contributed by atoms with Crippen LogP contribution in [-0.2, 0) is 12.8 Å². The minimum Gasteiger partial charge on any atom is -0.360 e. The smallest absolute Gasteiger partial charge is 0.0951 e. The Morgan fingerprint density at radius 3 is 2.35 bits per heavy atom. The number of aryl methyl sites for hydroxylation is 1. The molecular weight excluding hydrogens is 304 g/mol. The van der Waals surface area contributed by atoms with E-state index in [1.807, 2.05) is 12.1 Å². The van der Waals surface area contributed by atoms with Crippen molar-refractivity contribution in [2.75, 3.05) is 31.1 Å². The summed E-state index contributed by atoms with van der Waals surface area (Å²) < 4.78 is 0. The van der Waals surface area contributed by atoms with Crippen LogP contribution in [0.15, 0.2) is 48.5 Å². The van der Waals surface area contributed by atoms with Gasteiger partial charge in [-0.3, -0.25) is 0 Å². The van der Waals surface area contributed by atoms with Crippen molar-refractivity contribution in [3.05, 3.63) is 64.7 Å². The second kappa shape index (κ2) is 6.54. The van der Waals surface area contributed by atoms with Gasteiger partial charge in [0.1, 0.15) is 0 Å². The molecule has 1 fully saturated rings. The summed E-state index contributed by atoms with van der Waals surface area (Å²) in [5.74, 6) is 0. The molecule has 0 unspecified atom stereocenters. The number of rotatable bonds is 2. The molecule has 3 heteroatoms. The van der Waals surface area contributed by atoms with Gasteiger partial charge in [0.15, 0.2) is 0 Å². The van der Waals surface area contributed by atoms with E-state index in [4.69, 9.17) is 11.6 Å². The van der Waals surface area contributed by atoms with Crippen molar-refractivity contribution in [1.82, 2.24) is 0 Å². The summed E-state index contributed by atoms with van der Waals surface area (Å²) in [4.78, 5) is 4.29. The normalized spacial score (nSPS) is 22.0. The molecule has 4 rings (SSSR count). The largest absolute Gasteiger partial charge is 0.360 e. The second-order valence-corrected chi connectivity index (χ2v) is 7.27. The van der Waals surface area contributed by atoms with E-state index in [9.17, 15) is 0 Å². The Hall–Kier alpha value is -1.51. The molecular formula is C20H24ClN2+. The molecule has 0 spiro atoms. The molecule has 0 bridgehead atoms. The third-order valence-corrected chi connectivity index (χ3v) is 5.77. The summed E-state index contributed by atoms with van der Waals surface area (Å²) in [6.45, 7) is 4.79.